The van der Waals surface area contributed by atoms with Crippen molar-refractivity contribution in [2.75, 3.05) is 42.0 Å². The SMILES string of the molecule is COC(=O)COc1cc(OC)cc(O/C(=C\N(C)C)C(=O)OC)c1. The molecule has 8 heteroatoms. The number of benzene rings is 1. The predicted octanol–water partition coefficient (Wildman–Crippen LogP) is 1.20. The Labute approximate surface area is 140 Å². The van der Waals surface area contributed by atoms with E-state index in [0.717, 1.165) is 0 Å². The van der Waals surface area contributed by atoms with Gasteiger partial charge in [-0.1, -0.05) is 0 Å². The third-order valence-corrected chi connectivity index (χ3v) is 2.66. The summed E-state index contributed by atoms with van der Waals surface area (Å²) in [5, 5.41) is 0. The Balaban J connectivity index is 3.04. The predicted molar refractivity (Wildman–Crippen MR) is 84.9 cm³/mol. The maximum absolute atomic E-state index is 11.8. The second-order valence-corrected chi connectivity index (χ2v) is 4.76. The topological polar surface area (TPSA) is 83.5 Å². The summed E-state index contributed by atoms with van der Waals surface area (Å²) >= 11 is 0. The second kappa shape index (κ2) is 9.29. The lowest BCUT2D eigenvalue weighted by molar-refractivity contribution is -0.143. The Morgan fingerprint density at radius 3 is 2.17 bits per heavy atom. The van der Waals surface area contributed by atoms with Crippen LogP contribution < -0.4 is 14.2 Å². The molecule has 1 aromatic rings. The Morgan fingerprint density at radius 1 is 1.00 bits per heavy atom. The lowest BCUT2D eigenvalue weighted by Crippen LogP contribution is -2.15. The van der Waals surface area contributed by atoms with Gasteiger partial charge < -0.3 is 28.6 Å². The van der Waals surface area contributed by atoms with E-state index in [1.807, 2.05) is 0 Å². The molecule has 0 spiro atoms. The van der Waals surface area contributed by atoms with E-state index < -0.39 is 11.9 Å². The van der Waals surface area contributed by atoms with Crippen molar-refractivity contribution < 1.29 is 33.3 Å². The number of carbonyl (C=O) groups is 2. The average Bonchev–Trinajstić information content (AvgIpc) is 2.57. The maximum atomic E-state index is 11.8. The molecule has 0 aliphatic carbocycles. The van der Waals surface area contributed by atoms with Gasteiger partial charge in [-0.2, -0.15) is 0 Å². The highest BCUT2D eigenvalue weighted by Crippen LogP contribution is 2.29. The first-order chi connectivity index (χ1) is 11.4. The minimum absolute atomic E-state index is 0.0188. The normalized spacial score (nSPS) is 10.6. The van der Waals surface area contributed by atoms with Gasteiger partial charge in [0.25, 0.3) is 0 Å². The molecule has 0 aliphatic rings. The Bertz CT molecular complexity index is 610. The summed E-state index contributed by atoms with van der Waals surface area (Å²) in [6.45, 7) is -0.263. The molecule has 0 bridgehead atoms. The highest BCUT2D eigenvalue weighted by molar-refractivity contribution is 5.86. The average molecular weight is 339 g/mol. The molecule has 132 valence electrons. The van der Waals surface area contributed by atoms with E-state index in [1.54, 1.807) is 31.1 Å². The summed E-state index contributed by atoms with van der Waals surface area (Å²) in [5.74, 6) is -0.140. The first-order valence-corrected chi connectivity index (χ1v) is 6.92. The monoisotopic (exact) mass is 339 g/mol. The molecule has 0 atom stereocenters. The zero-order valence-corrected chi connectivity index (χ0v) is 14.3. The molecule has 0 unspecified atom stereocenters. The van der Waals surface area contributed by atoms with Crippen LogP contribution in [0.3, 0.4) is 0 Å². The van der Waals surface area contributed by atoms with E-state index in [2.05, 4.69) is 9.47 Å². The van der Waals surface area contributed by atoms with E-state index in [9.17, 15) is 9.59 Å². The molecule has 1 aromatic carbocycles. The van der Waals surface area contributed by atoms with Crippen molar-refractivity contribution in [2.45, 2.75) is 0 Å². The molecule has 0 saturated carbocycles. The number of nitrogens with zero attached hydrogens (tertiary/aromatic N) is 1. The van der Waals surface area contributed by atoms with Gasteiger partial charge in [0.1, 0.15) is 17.2 Å². The summed E-state index contributed by atoms with van der Waals surface area (Å²) in [6.07, 6.45) is 1.47. The van der Waals surface area contributed by atoms with Gasteiger partial charge in [0, 0.05) is 38.5 Å². The van der Waals surface area contributed by atoms with Crippen LogP contribution in [0.4, 0.5) is 0 Å². The molecule has 24 heavy (non-hydrogen) atoms. The molecule has 0 fully saturated rings. The number of methoxy groups -OCH3 is 3. The Hall–Kier alpha value is -2.90. The number of carbonyl (C=O) groups excluding carboxylic acids is 2. The van der Waals surface area contributed by atoms with Crippen molar-refractivity contribution in [3.63, 3.8) is 0 Å². The van der Waals surface area contributed by atoms with Gasteiger partial charge in [-0.15, -0.1) is 0 Å². The van der Waals surface area contributed by atoms with Crippen molar-refractivity contribution >= 4 is 11.9 Å². The van der Waals surface area contributed by atoms with Gasteiger partial charge >= 0.3 is 11.9 Å². The van der Waals surface area contributed by atoms with Crippen LogP contribution in [0.15, 0.2) is 30.2 Å². The van der Waals surface area contributed by atoms with E-state index in [4.69, 9.17) is 14.2 Å². The minimum Gasteiger partial charge on any atom is -0.496 e. The summed E-state index contributed by atoms with van der Waals surface area (Å²) in [7, 11) is 7.47. The molecule has 0 N–H and O–H groups in total. The molecule has 1 rings (SSSR count). The van der Waals surface area contributed by atoms with E-state index in [-0.39, 0.29) is 18.1 Å². The van der Waals surface area contributed by atoms with Crippen LogP contribution in [0, 0.1) is 0 Å². The quantitative estimate of drug-likeness (QED) is 0.397. The fraction of sp³-hybridized carbons (Fsp3) is 0.375. The standard InChI is InChI=1S/C16H21NO7/c1-17(2)9-14(16(19)22-5)24-13-7-11(20-3)6-12(8-13)23-10-15(18)21-4/h6-9H,10H2,1-5H3/b14-9-. The third-order valence-electron chi connectivity index (χ3n) is 2.66. The van der Waals surface area contributed by atoms with Crippen LogP contribution in [0.25, 0.3) is 0 Å². The fourth-order valence-electron chi connectivity index (χ4n) is 1.59. The first kappa shape index (κ1) is 19.1. The molecule has 0 heterocycles. The van der Waals surface area contributed by atoms with Gasteiger partial charge in [0.05, 0.1) is 21.3 Å². The largest absolute Gasteiger partial charge is 0.496 e. The first-order valence-electron chi connectivity index (χ1n) is 6.92. The summed E-state index contributed by atoms with van der Waals surface area (Å²) in [4.78, 5) is 24.6. The van der Waals surface area contributed by atoms with Gasteiger partial charge in [0.2, 0.25) is 5.76 Å². The van der Waals surface area contributed by atoms with Crippen LogP contribution in [0.2, 0.25) is 0 Å². The smallest absolute Gasteiger partial charge is 0.375 e. The zero-order valence-electron chi connectivity index (χ0n) is 14.3. The van der Waals surface area contributed by atoms with Crippen LogP contribution in [-0.4, -0.2) is 58.9 Å². The Morgan fingerprint density at radius 2 is 1.62 bits per heavy atom. The molecule has 0 saturated heterocycles. The fourth-order valence-corrected chi connectivity index (χ4v) is 1.59. The minimum atomic E-state index is -0.636. The molecule has 0 aliphatic heterocycles. The van der Waals surface area contributed by atoms with Crippen LogP contribution in [0.1, 0.15) is 0 Å². The van der Waals surface area contributed by atoms with E-state index in [0.29, 0.717) is 11.5 Å². The van der Waals surface area contributed by atoms with Crippen molar-refractivity contribution in [1.82, 2.24) is 4.90 Å². The van der Waals surface area contributed by atoms with Gasteiger partial charge in [0.15, 0.2) is 6.61 Å². The second-order valence-electron chi connectivity index (χ2n) is 4.76. The van der Waals surface area contributed by atoms with Gasteiger partial charge in [-0.3, -0.25) is 0 Å². The lowest BCUT2D eigenvalue weighted by Gasteiger charge is -2.14. The maximum Gasteiger partial charge on any atom is 0.375 e. The third kappa shape index (κ3) is 6.07. The van der Waals surface area contributed by atoms with E-state index in [1.165, 1.54) is 33.6 Å². The summed E-state index contributed by atoms with van der Waals surface area (Å²) < 4.78 is 25.2. The highest BCUT2D eigenvalue weighted by Gasteiger charge is 2.15. The van der Waals surface area contributed by atoms with Crippen LogP contribution >= 0.6 is 0 Å². The van der Waals surface area contributed by atoms with Crippen molar-refractivity contribution in [3.05, 3.63) is 30.2 Å². The zero-order chi connectivity index (χ0) is 18.1. The number of ether oxygens (including phenoxy) is 5. The lowest BCUT2D eigenvalue weighted by atomic mass is 10.3. The number of esters is 2. The summed E-state index contributed by atoms with van der Waals surface area (Å²) in [5.41, 5.74) is 0. The van der Waals surface area contributed by atoms with Crippen molar-refractivity contribution in [3.8, 4) is 17.2 Å². The Kier molecular flexibility index (Phi) is 7.41. The molecule has 0 radical (unpaired) electrons. The number of hydrogen-bond donors (Lipinski definition) is 0. The molecule has 0 amide bonds. The number of rotatable bonds is 8. The van der Waals surface area contributed by atoms with Gasteiger partial charge in [-0.25, -0.2) is 9.59 Å². The van der Waals surface area contributed by atoms with Gasteiger partial charge in [-0.05, 0) is 0 Å². The number of hydrogen-bond acceptors (Lipinski definition) is 8. The molecular weight excluding hydrogens is 318 g/mol. The molecule has 0 aromatic heterocycles. The molecule has 8 nitrogen and oxygen atoms in total. The van der Waals surface area contributed by atoms with Crippen LogP contribution in [-0.2, 0) is 19.1 Å². The highest BCUT2D eigenvalue weighted by atomic mass is 16.6. The van der Waals surface area contributed by atoms with E-state index >= 15 is 0 Å². The van der Waals surface area contributed by atoms with Crippen LogP contribution in [0.5, 0.6) is 17.2 Å². The van der Waals surface area contributed by atoms with Crippen molar-refractivity contribution in [2.24, 2.45) is 0 Å². The summed E-state index contributed by atoms with van der Waals surface area (Å²) in [6, 6.07) is 4.65. The molecular formula is C16H21NO7. The van der Waals surface area contributed by atoms with Crippen molar-refractivity contribution in [1.29, 1.82) is 0 Å².